The molecule has 0 saturated carbocycles. The minimum atomic E-state index is -4.17. The first-order valence-electron chi connectivity index (χ1n) is 9.43. The first kappa shape index (κ1) is 18.7. The van der Waals surface area contributed by atoms with Crippen molar-refractivity contribution >= 4 is 43.5 Å². The van der Waals surface area contributed by atoms with E-state index in [9.17, 15) is 17.6 Å². The maximum atomic E-state index is 14.5. The van der Waals surface area contributed by atoms with Crippen molar-refractivity contribution in [2.75, 3.05) is 18.0 Å². The number of aromatic nitrogens is 1. The van der Waals surface area contributed by atoms with Crippen LogP contribution in [-0.2, 0) is 17.1 Å². The first-order chi connectivity index (χ1) is 14.3. The SMILES string of the molecule is Cn1ccc2cccc(S(=O)(=O)NC(=O)c3cc4c(F)cc(N5CCC5)cc4o3)c21. The summed E-state index contributed by atoms with van der Waals surface area (Å²) in [5.41, 5.74) is 1.35. The van der Waals surface area contributed by atoms with Gasteiger partial charge in [-0.15, -0.1) is 0 Å². The van der Waals surface area contributed by atoms with Crippen molar-refractivity contribution in [1.82, 2.24) is 9.29 Å². The third-order valence-electron chi connectivity index (χ3n) is 5.39. The summed E-state index contributed by atoms with van der Waals surface area (Å²) in [7, 11) is -2.45. The van der Waals surface area contributed by atoms with Crippen LogP contribution in [0.15, 0.2) is 58.0 Å². The van der Waals surface area contributed by atoms with E-state index in [1.165, 1.54) is 18.2 Å². The third-order valence-corrected chi connectivity index (χ3v) is 6.76. The molecule has 0 bridgehead atoms. The summed E-state index contributed by atoms with van der Waals surface area (Å²) in [6.07, 6.45) is 2.78. The number of carbonyl (C=O) groups excluding carboxylic acids is 1. The topological polar surface area (TPSA) is 84.5 Å². The minimum absolute atomic E-state index is 0.0248. The molecule has 2 aromatic carbocycles. The zero-order valence-electron chi connectivity index (χ0n) is 16.1. The molecule has 0 aliphatic carbocycles. The zero-order valence-corrected chi connectivity index (χ0v) is 16.9. The lowest BCUT2D eigenvalue weighted by Crippen LogP contribution is -2.36. The summed E-state index contributed by atoms with van der Waals surface area (Å²) < 4.78 is 49.5. The number of nitrogens with zero attached hydrogens (tertiary/aromatic N) is 2. The lowest BCUT2D eigenvalue weighted by Gasteiger charge is -2.33. The van der Waals surface area contributed by atoms with Gasteiger partial charge in [-0.1, -0.05) is 12.1 Å². The largest absolute Gasteiger partial charge is 0.451 e. The maximum absolute atomic E-state index is 14.5. The van der Waals surface area contributed by atoms with Crippen molar-refractivity contribution in [3.05, 3.63) is 60.2 Å². The minimum Gasteiger partial charge on any atom is -0.451 e. The van der Waals surface area contributed by atoms with E-state index < -0.39 is 21.7 Å². The predicted molar refractivity (Wildman–Crippen MR) is 111 cm³/mol. The smallest absolute Gasteiger partial charge is 0.300 e. The average molecular weight is 427 g/mol. The molecule has 30 heavy (non-hydrogen) atoms. The molecule has 7 nitrogen and oxygen atoms in total. The van der Waals surface area contributed by atoms with Crippen LogP contribution in [0.3, 0.4) is 0 Å². The number of amides is 1. The molecule has 1 fully saturated rings. The van der Waals surface area contributed by atoms with E-state index in [0.29, 0.717) is 11.2 Å². The Balaban J connectivity index is 1.49. The normalized spacial score (nSPS) is 14.3. The molecule has 5 rings (SSSR count). The molecule has 2 aromatic heterocycles. The van der Waals surface area contributed by atoms with Crippen LogP contribution in [0.4, 0.5) is 10.1 Å². The standard InChI is InChI=1S/C21H18FN3O4S/c1-24-9-6-13-4-2-5-19(20(13)24)30(27,28)23-21(26)18-12-15-16(22)10-14(11-17(15)29-18)25-7-3-8-25/h2,4-6,9-12H,3,7-8H2,1H3,(H,23,26). The van der Waals surface area contributed by atoms with Crippen molar-refractivity contribution in [2.45, 2.75) is 11.3 Å². The van der Waals surface area contributed by atoms with E-state index >= 15 is 0 Å². The van der Waals surface area contributed by atoms with Gasteiger partial charge in [0, 0.05) is 49.5 Å². The highest BCUT2D eigenvalue weighted by atomic mass is 32.2. The number of sulfonamides is 1. The molecule has 1 saturated heterocycles. The summed E-state index contributed by atoms with van der Waals surface area (Å²) in [6.45, 7) is 1.67. The molecule has 1 aliphatic heterocycles. The Morgan fingerprint density at radius 3 is 2.70 bits per heavy atom. The highest BCUT2D eigenvalue weighted by molar-refractivity contribution is 7.90. The number of aryl methyl sites for hydroxylation is 1. The van der Waals surface area contributed by atoms with Crippen molar-refractivity contribution < 1.29 is 22.0 Å². The quantitative estimate of drug-likeness (QED) is 0.540. The molecule has 154 valence electrons. The molecule has 0 atom stereocenters. The van der Waals surface area contributed by atoms with E-state index in [4.69, 9.17) is 4.42 Å². The van der Waals surface area contributed by atoms with Gasteiger partial charge in [0.2, 0.25) is 0 Å². The van der Waals surface area contributed by atoms with E-state index in [2.05, 4.69) is 0 Å². The van der Waals surface area contributed by atoms with Gasteiger partial charge in [-0.05, 0) is 24.6 Å². The molecule has 1 aliphatic rings. The van der Waals surface area contributed by atoms with Crippen LogP contribution < -0.4 is 9.62 Å². The molecule has 4 aromatic rings. The number of nitrogens with one attached hydrogen (secondary N) is 1. The Kier molecular flexibility index (Phi) is 4.11. The number of rotatable bonds is 4. The molecule has 1 amide bonds. The number of benzene rings is 2. The summed E-state index contributed by atoms with van der Waals surface area (Å²) in [6, 6.07) is 10.9. The van der Waals surface area contributed by atoms with E-state index in [-0.39, 0.29) is 21.6 Å². The van der Waals surface area contributed by atoms with Gasteiger partial charge in [0.25, 0.3) is 10.0 Å². The van der Waals surface area contributed by atoms with Crippen molar-refractivity contribution in [1.29, 1.82) is 0 Å². The Hall–Kier alpha value is -3.33. The molecule has 0 spiro atoms. The number of para-hydroxylation sites is 1. The van der Waals surface area contributed by atoms with E-state index in [0.717, 1.165) is 24.9 Å². The lowest BCUT2D eigenvalue weighted by atomic mass is 10.1. The molecule has 9 heteroatoms. The van der Waals surface area contributed by atoms with Gasteiger partial charge < -0.3 is 13.9 Å². The molecule has 0 unspecified atom stereocenters. The number of furan rings is 1. The predicted octanol–water partition coefficient (Wildman–Crippen LogP) is 3.39. The van der Waals surface area contributed by atoms with Gasteiger partial charge in [-0.2, -0.15) is 0 Å². The van der Waals surface area contributed by atoms with Gasteiger partial charge in [0.15, 0.2) is 5.76 Å². The van der Waals surface area contributed by atoms with Crippen LogP contribution in [-0.4, -0.2) is 32.0 Å². The van der Waals surface area contributed by atoms with E-state index in [1.807, 2.05) is 9.62 Å². The Bertz CT molecular complexity index is 1420. The van der Waals surface area contributed by atoms with Crippen LogP contribution in [0.1, 0.15) is 17.0 Å². The average Bonchev–Trinajstić information content (AvgIpc) is 3.24. The fourth-order valence-electron chi connectivity index (χ4n) is 3.71. The molecular formula is C21H18FN3O4S. The first-order valence-corrected chi connectivity index (χ1v) is 10.9. The van der Waals surface area contributed by atoms with Crippen LogP contribution in [0.25, 0.3) is 21.9 Å². The Labute approximate surface area is 171 Å². The second-order valence-electron chi connectivity index (χ2n) is 7.35. The second-order valence-corrected chi connectivity index (χ2v) is 9.00. The molecule has 3 heterocycles. The van der Waals surface area contributed by atoms with Crippen LogP contribution in [0.5, 0.6) is 0 Å². The van der Waals surface area contributed by atoms with E-state index in [1.54, 1.807) is 42.1 Å². The third kappa shape index (κ3) is 2.93. The number of fused-ring (bicyclic) bond motifs is 2. The summed E-state index contributed by atoms with van der Waals surface area (Å²) in [4.78, 5) is 14.6. The van der Waals surface area contributed by atoms with Crippen LogP contribution >= 0.6 is 0 Å². The lowest BCUT2D eigenvalue weighted by molar-refractivity contribution is 0.0956. The fraction of sp³-hybridized carbons (Fsp3) is 0.190. The van der Waals surface area contributed by atoms with Gasteiger partial charge in [-0.3, -0.25) is 4.79 Å². The van der Waals surface area contributed by atoms with Crippen molar-refractivity contribution in [3.63, 3.8) is 0 Å². The number of carbonyl (C=O) groups is 1. The number of anilines is 1. The summed E-state index contributed by atoms with van der Waals surface area (Å²) in [5.74, 6) is -1.75. The highest BCUT2D eigenvalue weighted by Gasteiger charge is 2.25. The van der Waals surface area contributed by atoms with Crippen molar-refractivity contribution in [2.24, 2.45) is 7.05 Å². The monoisotopic (exact) mass is 427 g/mol. The highest BCUT2D eigenvalue weighted by Crippen LogP contribution is 2.30. The van der Waals surface area contributed by atoms with Gasteiger partial charge >= 0.3 is 5.91 Å². The summed E-state index contributed by atoms with van der Waals surface area (Å²) >= 11 is 0. The fourth-order valence-corrected chi connectivity index (χ4v) is 4.94. The van der Waals surface area contributed by atoms with Gasteiger partial charge in [0.1, 0.15) is 16.3 Å². The summed E-state index contributed by atoms with van der Waals surface area (Å²) in [5, 5.41) is 0.864. The second kappa shape index (κ2) is 6.60. The van der Waals surface area contributed by atoms with Crippen molar-refractivity contribution in [3.8, 4) is 0 Å². The Morgan fingerprint density at radius 2 is 1.97 bits per heavy atom. The zero-order chi connectivity index (χ0) is 21.0. The molecule has 0 radical (unpaired) electrons. The van der Waals surface area contributed by atoms with Gasteiger partial charge in [-0.25, -0.2) is 17.5 Å². The number of hydrogen-bond acceptors (Lipinski definition) is 5. The number of halogens is 1. The Morgan fingerprint density at radius 1 is 1.17 bits per heavy atom. The van der Waals surface area contributed by atoms with Gasteiger partial charge in [0.05, 0.1) is 10.9 Å². The molecular weight excluding hydrogens is 409 g/mol. The number of hydrogen-bond donors (Lipinski definition) is 1. The maximum Gasteiger partial charge on any atom is 0.300 e. The van der Waals surface area contributed by atoms with Crippen LogP contribution in [0, 0.1) is 5.82 Å². The molecule has 1 N–H and O–H groups in total. The van der Waals surface area contributed by atoms with Crippen LogP contribution in [0.2, 0.25) is 0 Å².